The van der Waals surface area contributed by atoms with Gasteiger partial charge in [0.1, 0.15) is 6.10 Å². The Morgan fingerprint density at radius 3 is 2.81 bits per heavy atom. The van der Waals surface area contributed by atoms with Crippen molar-refractivity contribution < 1.29 is 14.6 Å². The molecule has 2 bridgehead atoms. The highest BCUT2D eigenvalue weighted by atomic mass is 16.5. The highest BCUT2D eigenvalue weighted by Crippen LogP contribution is 2.71. The van der Waals surface area contributed by atoms with Gasteiger partial charge in [0.2, 0.25) is 0 Å². The zero-order chi connectivity index (χ0) is 11.5. The minimum absolute atomic E-state index is 0.0997. The fourth-order valence-electron chi connectivity index (χ4n) is 4.25. The van der Waals surface area contributed by atoms with Crippen molar-refractivity contribution in [2.75, 3.05) is 6.61 Å². The van der Waals surface area contributed by atoms with E-state index in [9.17, 15) is 9.90 Å². The van der Waals surface area contributed by atoms with Crippen molar-refractivity contribution in [1.82, 2.24) is 0 Å². The first kappa shape index (κ1) is 10.3. The molecular weight excluding hydrogens is 204 g/mol. The maximum absolute atomic E-state index is 11.5. The summed E-state index contributed by atoms with van der Waals surface area (Å²) in [6.07, 6.45) is 3.32. The SMILES string of the molecule is C=C(C)C(=O)OC1C2CC3C1CC3(CO)C2. The van der Waals surface area contributed by atoms with E-state index in [0.29, 0.717) is 29.9 Å². The second-order valence-electron chi connectivity index (χ2n) is 5.85. The molecule has 0 radical (unpaired) electrons. The zero-order valence-electron chi connectivity index (χ0n) is 9.61. The maximum atomic E-state index is 11.5. The standard InChI is InChI=1S/C13H18O3/c1-7(2)12(15)16-11-8-3-10-9(11)5-13(10,4-8)6-14/h8-11,14H,1,3-6H2,2H3. The Hall–Kier alpha value is -0.830. The molecule has 0 heterocycles. The minimum Gasteiger partial charge on any atom is -0.458 e. The van der Waals surface area contributed by atoms with E-state index in [1.165, 1.54) is 0 Å². The molecule has 3 aliphatic carbocycles. The van der Waals surface area contributed by atoms with Crippen molar-refractivity contribution in [3.05, 3.63) is 12.2 Å². The van der Waals surface area contributed by atoms with Crippen molar-refractivity contribution in [1.29, 1.82) is 0 Å². The Morgan fingerprint density at radius 2 is 2.31 bits per heavy atom. The fourth-order valence-corrected chi connectivity index (χ4v) is 4.25. The van der Waals surface area contributed by atoms with Crippen LogP contribution < -0.4 is 0 Å². The summed E-state index contributed by atoms with van der Waals surface area (Å²) in [5.74, 6) is 1.35. The molecule has 0 spiro atoms. The van der Waals surface area contributed by atoms with Crippen LogP contribution in [0.3, 0.4) is 0 Å². The Bertz CT molecular complexity index is 360. The van der Waals surface area contributed by atoms with Gasteiger partial charge in [-0.05, 0) is 43.4 Å². The number of rotatable bonds is 3. The number of ether oxygens (including phenoxy) is 1. The van der Waals surface area contributed by atoms with Gasteiger partial charge >= 0.3 is 5.97 Å². The van der Waals surface area contributed by atoms with Gasteiger partial charge in [-0.15, -0.1) is 0 Å². The summed E-state index contributed by atoms with van der Waals surface area (Å²) in [5.41, 5.74) is 0.678. The number of hydrogen-bond acceptors (Lipinski definition) is 3. The molecule has 16 heavy (non-hydrogen) atoms. The lowest BCUT2D eigenvalue weighted by Crippen LogP contribution is -2.54. The number of aliphatic hydroxyl groups is 1. The van der Waals surface area contributed by atoms with Gasteiger partial charge in [-0.2, -0.15) is 0 Å². The quantitative estimate of drug-likeness (QED) is 0.581. The molecule has 3 aliphatic rings. The number of fused-ring (bicyclic) bond motifs is 1. The lowest BCUT2D eigenvalue weighted by molar-refractivity contribution is -0.172. The first-order chi connectivity index (χ1) is 7.57. The van der Waals surface area contributed by atoms with E-state index in [1.54, 1.807) is 6.92 Å². The molecule has 0 saturated heterocycles. The van der Waals surface area contributed by atoms with Gasteiger partial charge in [0.15, 0.2) is 0 Å². The third-order valence-corrected chi connectivity index (χ3v) is 4.96. The van der Waals surface area contributed by atoms with Crippen molar-refractivity contribution in [3.8, 4) is 0 Å². The normalized spacial score (nSPS) is 47.6. The van der Waals surface area contributed by atoms with E-state index >= 15 is 0 Å². The summed E-state index contributed by atoms with van der Waals surface area (Å²) in [5, 5.41) is 9.42. The average Bonchev–Trinajstić information content (AvgIpc) is 2.66. The van der Waals surface area contributed by atoms with Gasteiger partial charge < -0.3 is 9.84 Å². The van der Waals surface area contributed by atoms with E-state index in [4.69, 9.17) is 4.74 Å². The van der Waals surface area contributed by atoms with Crippen LogP contribution in [-0.2, 0) is 9.53 Å². The van der Waals surface area contributed by atoms with Crippen LogP contribution in [0.15, 0.2) is 12.2 Å². The number of carbonyl (C=O) groups is 1. The van der Waals surface area contributed by atoms with Crippen LogP contribution in [0.5, 0.6) is 0 Å². The molecular formula is C13H18O3. The highest BCUT2D eigenvalue weighted by molar-refractivity contribution is 5.87. The monoisotopic (exact) mass is 222 g/mol. The van der Waals surface area contributed by atoms with E-state index in [-0.39, 0.29) is 17.5 Å². The molecule has 5 unspecified atom stereocenters. The van der Waals surface area contributed by atoms with Crippen molar-refractivity contribution in [2.24, 2.45) is 23.2 Å². The van der Waals surface area contributed by atoms with Crippen LogP contribution >= 0.6 is 0 Å². The Balaban J connectivity index is 1.70. The molecule has 3 nitrogen and oxygen atoms in total. The van der Waals surface area contributed by atoms with Gasteiger partial charge in [-0.1, -0.05) is 6.58 Å². The molecule has 3 saturated carbocycles. The second-order valence-corrected chi connectivity index (χ2v) is 5.85. The lowest BCUT2D eigenvalue weighted by Gasteiger charge is -2.55. The van der Waals surface area contributed by atoms with Crippen LogP contribution in [0.1, 0.15) is 26.2 Å². The minimum atomic E-state index is -0.251. The van der Waals surface area contributed by atoms with Crippen LogP contribution in [-0.4, -0.2) is 23.8 Å². The number of esters is 1. The average molecular weight is 222 g/mol. The largest absolute Gasteiger partial charge is 0.458 e. The van der Waals surface area contributed by atoms with E-state index in [2.05, 4.69) is 6.58 Å². The fraction of sp³-hybridized carbons (Fsp3) is 0.769. The Kier molecular flexibility index (Phi) is 2.00. The Labute approximate surface area is 95.5 Å². The molecule has 0 amide bonds. The summed E-state index contributed by atoms with van der Waals surface area (Å²) in [7, 11) is 0. The molecule has 3 fully saturated rings. The van der Waals surface area contributed by atoms with Crippen LogP contribution in [0, 0.1) is 23.2 Å². The highest BCUT2D eigenvalue weighted by Gasteiger charge is 2.69. The van der Waals surface area contributed by atoms with E-state index in [0.717, 1.165) is 19.3 Å². The van der Waals surface area contributed by atoms with Crippen LogP contribution in [0.4, 0.5) is 0 Å². The first-order valence-corrected chi connectivity index (χ1v) is 6.05. The van der Waals surface area contributed by atoms with E-state index < -0.39 is 0 Å². The predicted molar refractivity (Wildman–Crippen MR) is 58.5 cm³/mol. The number of hydrogen-bond donors (Lipinski definition) is 1. The first-order valence-electron chi connectivity index (χ1n) is 6.05. The summed E-state index contributed by atoms with van der Waals surface area (Å²) >= 11 is 0. The van der Waals surface area contributed by atoms with Crippen LogP contribution in [0.25, 0.3) is 0 Å². The summed E-state index contributed by atoms with van der Waals surface area (Å²) < 4.78 is 5.53. The molecule has 3 heteroatoms. The smallest absolute Gasteiger partial charge is 0.333 e. The topological polar surface area (TPSA) is 46.5 Å². The molecule has 5 atom stereocenters. The third kappa shape index (κ3) is 1.10. The molecule has 0 aromatic heterocycles. The van der Waals surface area contributed by atoms with Crippen molar-refractivity contribution in [2.45, 2.75) is 32.3 Å². The number of carbonyl (C=O) groups excluding carboxylic acids is 1. The summed E-state index contributed by atoms with van der Waals surface area (Å²) in [6, 6.07) is 0. The van der Waals surface area contributed by atoms with Crippen molar-refractivity contribution >= 4 is 5.97 Å². The maximum Gasteiger partial charge on any atom is 0.333 e. The van der Waals surface area contributed by atoms with Gasteiger partial charge in [-0.25, -0.2) is 4.79 Å². The second kappa shape index (κ2) is 3.10. The molecule has 3 rings (SSSR count). The molecule has 88 valence electrons. The van der Waals surface area contributed by atoms with E-state index in [1.807, 2.05) is 0 Å². The predicted octanol–water partition coefficient (Wildman–Crippen LogP) is 1.51. The molecule has 0 aliphatic heterocycles. The number of aliphatic hydroxyl groups excluding tert-OH is 1. The van der Waals surface area contributed by atoms with Crippen molar-refractivity contribution in [3.63, 3.8) is 0 Å². The zero-order valence-corrected chi connectivity index (χ0v) is 9.61. The molecule has 0 aromatic rings. The van der Waals surface area contributed by atoms with Gasteiger partial charge in [0.05, 0.1) is 0 Å². The summed E-state index contributed by atoms with van der Waals surface area (Å²) in [4.78, 5) is 11.5. The summed E-state index contributed by atoms with van der Waals surface area (Å²) in [6.45, 7) is 5.61. The van der Waals surface area contributed by atoms with Gasteiger partial charge in [0, 0.05) is 18.1 Å². The van der Waals surface area contributed by atoms with Gasteiger partial charge in [0.25, 0.3) is 0 Å². The van der Waals surface area contributed by atoms with Crippen LogP contribution in [0.2, 0.25) is 0 Å². The Morgan fingerprint density at radius 1 is 1.56 bits per heavy atom. The molecule has 0 aromatic carbocycles. The lowest BCUT2D eigenvalue weighted by atomic mass is 9.52. The third-order valence-electron chi connectivity index (χ3n) is 4.96. The molecule has 1 N–H and O–H groups in total. The van der Waals surface area contributed by atoms with Gasteiger partial charge in [-0.3, -0.25) is 0 Å².